The molecule has 2 N–H and O–H groups in total. The monoisotopic (exact) mass is 515 g/mol. The molecule has 3 aromatic carbocycles. The van der Waals surface area contributed by atoms with Crippen LogP contribution in [0, 0.1) is 26.6 Å². The number of hydrogen-bond donors (Lipinski definition) is 1. The highest BCUT2D eigenvalue weighted by atomic mass is 19.1. The Morgan fingerprint density at radius 3 is 2.26 bits per heavy atom. The Labute approximate surface area is 225 Å². The van der Waals surface area contributed by atoms with Crippen LogP contribution in [0.1, 0.15) is 65.3 Å². The third-order valence-corrected chi connectivity index (χ3v) is 7.65. The van der Waals surface area contributed by atoms with E-state index < -0.39 is 6.04 Å². The van der Waals surface area contributed by atoms with E-state index in [2.05, 4.69) is 39.0 Å². The molecule has 2 amide bonds. The van der Waals surface area contributed by atoms with Crippen molar-refractivity contribution >= 4 is 17.5 Å². The molecule has 0 saturated heterocycles. The van der Waals surface area contributed by atoms with Crippen LogP contribution >= 0.6 is 0 Å². The van der Waals surface area contributed by atoms with E-state index >= 15 is 0 Å². The van der Waals surface area contributed by atoms with Crippen molar-refractivity contribution in [1.82, 2.24) is 4.90 Å². The van der Waals surface area contributed by atoms with Crippen LogP contribution < -0.4 is 10.6 Å². The smallest absolute Gasteiger partial charge is 0.240 e. The number of aryl methyl sites for hydroxylation is 3. The molecule has 3 aromatic rings. The third kappa shape index (κ3) is 5.81. The first-order valence-electron chi connectivity index (χ1n) is 13.4. The Bertz CT molecular complexity index is 1310. The number of halogens is 1. The van der Waals surface area contributed by atoms with Crippen LogP contribution in [0.3, 0.4) is 0 Å². The minimum absolute atomic E-state index is 0.0209. The summed E-state index contributed by atoms with van der Waals surface area (Å²) in [4.78, 5) is 29.9. The summed E-state index contributed by atoms with van der Waals surface area (Å²) in [6, 6.07) is 16.0. The molecular weight excluding hydrogens is 477 g/mol. The topological polar surface area (TPSA) is 66.6 Å². The van der Waals surface area contributed by atoms with Crippen LogP contribution in [0.15, 0.2) is 54.6 Å². The van der Waals surface area contributed by atoms with E-state index in [1.54, 1.807) is 24.0 Å². The van der Waals surface area contributed by atoms with Gasteiger partial charge in [-0.05, 0) is 98.5 Å². The molecule has 0 aromatic heterocycles. The maximum atomic E-state index is 13.8. The number of anilines is 1. The van der Waals surface area contributed by atoms with E-state index in [-0.39, 0.29) is 23.7 Å². The average Bonchev–Trinajstić information content (AvgIpc) is 2.87. The number of carbonyl (C=O) groups is 2. The number of carbonyl (C=O) groups excluding carboxylic acids is 2. The first-order chi connectivity index (χ1) is 18.1. The van der Waals surface area contributed by atoms with Gasteiger partial charge >= 0.3 is 0 Å². The van der Waals surface area contributed by atoms with Gasteiger partial charge in [-0.25, -0.2) is 4.39 Å². The second-order valence-corrected chi connectivity index (χ2v) is 10.5. The Hall–Kier alpha value is -3.51. The molecule has 2 unspecified atom stereocenters. The van der Waals surface area contributed by atoms with Crippen molar-refractivity contribution in [2.45, 2.75) is 66.0 Å². The lowest BCUT2D eigenvalue weighted by Gasteiger charge is -2.40. The molecule has 6 heteroatoms. The van der Waals surface area contributed by atoms with Crippen molar-refractivity contribution < 1.29 is 14.0 Å². The molecule has 0 aliphatic carbocycles. The zero-order valence-electron chi connectivity index (χ0n) is 23.1. The van der Waals surface area contributed by atoms with E-state index in [4.69, 9.17) is 5.73 Å². The number of rotatable bonds is 7. The molecule has 1 aliphatic rings. The van der Waals surface area contributed by atoms with E-state index in [9.17, 15) is 14.0 Å². The molecule has 38 heavy (non-hydrogen) atoms. The van der Waals surface area contributed by atoms with Gasteiger partial charge in [0.05, 0.1) is 12.1 Å². The van der Waals surface area contributed by atoms with Crippen LogP contribution in [0.5, 0.6) is 0 Å². The van der Waals surface area contributed by atoms with E-state index in [0.717, 1.165) is 39.1 Å². The molecule has 5 nitrogen and oxygen atoms in total. The van der Waals surface area contributed by atoms with Gasteiger partial charge in [0.1, 0.15) is 5.82 Å². The number of benzene rings is 3. The first kappa shape index (κ1) is 27.5. The summed E-state index contributed by atoms with van der Waals surface area (Å²) in [5, 5.41) is 0. The van der Waals surface area contributed by atoms with Crippen LogP contribution in [0.4, 0.5) is 10.1 Å². The summed E-state index contributed by atoms with van der Waals surface area (Å²) >= 11 is 0. The Morgan fingerprint density at radius 1 is 1.03 bits per heavy atom. The number of amides is 2. The zero-order chi connectivity index (χ0) is 27.6. The normalized spacial score (nSPS) is 15.7. The zero-order valence-corrected chi connectivity index (χ0v) is 23.1. The quantitative estimate of drug-likeness (QED) is 0.448. The summed E-state index contributed by atoms with van der Waals surface area (Å²) in [5.74, 6) is -0.365. The molecule has 0 fully saturated rings. The minimum atomic E-state index is -0.660. The van der Waals surface area contributed by atoms with Gasteiger partial charge in [-0.3, -0.25) is 9.59 Å². The van der Waals surface area contributed by atoms with Crippen molar-refractivity contribution in [1.29, 1.82) is 0 Å². The maximum absolute atomic E-state index is 13.8. The highest BCUT2D eigenvalue weighted by molar-refractivity contribution is 5.93. The second-order valence-electron chi connectivity index (χ2n) is 10.5. The molecule has 0 bridgehead atoms. The second kappa shape index (κ2) is 11.5. The summed E-state index contributed by atoms with van der Waals surface area (Å²) in [5.41, 5.74) is 15.0. The molecule has 1 aliphatic heterocycles. The number of nitrogens with zero attached hydrogens (tertiary/aromatic N) is 2. The van der Waals surface area contributed by atoms with E-state index in [0.29, 0.717) is 32.4 Å². The lowest BCUT2D eigenvalue weighted by Crippen LogP contribution is -2.49. The van der Waals surface area contributed by atoms with Crippen molar-refractivity contribution in [2.75, 3.05) is 18.0 Å². The van der Waals surface area contributed by atoms with E-state index in [1.165, 1.54) is 17.7 Å². The number of fused-ring (bicyclic) bond motifs is 1. The minimum Gasteiger partial charge on any atom is -0.334 e. The highest BCUT2D eigenvalue weighted by Gasteiger charge is 2.34. The van der Waals surface area contributed by atoms with E-state index in [1.807, 2.05) is 24.0 Å². The average molecular weight is 516 g/mol. The van der Waals surface area contributed by atoms with Gasteiger partial charge in [-0.2, -0.15) is 0 Å². The molecule has 0 spiro atoms. The van der Waals surface area contributed by atoms with Crippen LogP contribution in [-0.2, 0) is 22.4 Å². The molecule has 200 valence electrons. The summed E-state index contributed by atoms with van der Waals surface area (Å²) in [6.07, 6.45) is 1.75. The Kier molecular flexibility index (Phi) is 8.32. The fourth-order valence-electron chi connectivity index (χ4n) is 5.82. The SMILES string of the molecule is CCN(C(=O)C(N)Cc1c(C)cc(C)cc1C)C1CCN(C(C)=O)c2ccc(Cc3ccc(F)cc3)cc21. The van der Waals surface area contributed by atoms with Gasteiger partial charge in [-0.15, -0.1) is 0 Å². The predicted molar refractivity (Wildman–Crippen MR) is 151 cm³/mol. The summed E-state index contributed by atoms with van der Waals surface area (Å²) in [7, 11) is 0. The molecule has 1 heterocycles. The van der Waals surface area contributed by atoms with Gasteiger partial charge in [0.15, 0.2) is 0 Å². The first-order valence-corrected chi connectivity index (χ1v) is 13.4. The fourth-order valence-corrected chi connectivity index (χ4v) is 5.82. The van der Waals surface area contributed by atoms with Crippen LogP contribution in [-0.4, -0.2) is 35.8 Å². The molecule has 2 atom stereocenters. The van der Waals surface area contributed by atoms with Gasteiger partial charge in [-0.1, -0.05) is 42.0 Å². The molecule has 0 radical (unpaired) electrons. The van der Waals surface area contributed by atoms with Gasteiger partial charge in [0.25, 0.3) is 0 Å². The standard InChI is InChI=1S/C32H38FN3O2/c1-6-35(32(38)29(34)19-27-21(3)15-20(2)16-22(27)4)31-13-14-36(23(5)37)30-12-9-25(18-28(30)31)17-24-7-10-26(33)11-8-24/h7-12,15-16,18,29,31H,6,13-14,17,19,34H2,1-5H3. The maximum Gasteiger partial charge on any atom is 0.240 e. The van der Waals surface area contributed by atoms with Crippen LogP contribution in [0.25, 0.3) is 0 Å². The number of nitrogens with two attached hydrogens (primary N) is 1. The highest BCUT2D eigenvalue weighted by Crippen LogP contribution is 2.39. The lowest BCUT2D eigenvalue weighted by atomic mass is 9.90. The van der Waals surface area contributed by atoms with Crippen molar-refractivity contribution in [2.24, 2.45) is 5.73 Å². The van der Waals surface area contributed by atoms with Crippen molar-refractivity contribution in [3.05, 3.63) is 99.4 Å². The van der Waals surface area contributed by atoms with Crippen LogP contribution in [0.2, 0.25) is 0 Å². The Balaban J connectivity index is 1.64. The van der Waals surface area contributed by atoms with Gasteiger partial charge < -0.3 is 15.5 Å². The molecule has 0 saturated carbocycles. The third-order valence-electron chi connectivity index (χ3n) is 7.65. The summed E-state index contributed by atoms with van der Waals surface area (Å²) in [6.45, 7) is 10.8. The molecular formula is C32H38FN3O2. The number of likely N-dealkylation sites (N-methyl/N-ethyl adjacent to an activating group) is 1. The lowest BCUT2D eigenvalue weighted by molar-refractivity contribution is -0.135. The largest absolute Gasteiger partial charge is 0.334 e. The predicted octanol–water partition coefficient (Wildman–Crippen LogP) is 5.56. The summed E-state index contributed by atoms with van der Waals surface area (Å²) < 4.78 is 13.4. The van der Waals surface area contributed by atoms with Crippen molar-refractivity contribution in [3.63, 3.8) is 0 Å². The van der Waals surface area contributed by atoms with Crippen molar-refractivity contribution in [3.8, 4) is 0 Å². The van der Waals surface area contributed by atoms with Gasteiger partial charge in [0.2, 0.25) is 11.8 Å². The fraction of sp³-hybridized carbons (Fsp3) is 0.375. The molecule has 4 rings (SSSR count). The Morgan fingerprint density at radius 2 is 1.66 bits per heavy atom. The van der Waals surface area contributed by atoms with Gasteiger partial charge in [0, 0.05) is 25.7 Å². The number of hydrogen-bond acceptors (Lipinski definition) is 3.